The van der Waals surface area contributed by atoms with Gasteiger partial charge >= 0.3 is 0 Å². The Morgan fingerprint density at radius 3 is 2.58 bits per heavy atom. The average Bonchev–Trinajstić information content (AvgIpc) is 2.98. The van der Waals surface area contributed by atoms with Gasteiger partial charge in [0.2, 0.25) is 0 Å². The second kappa shape index (κ2) is 9.87. The van der Waals surface area contributed by atoms with Crippen LogP contribution >= 0.6 is 12.4 Å². The summed E-state index contributed by atoms with van der Waals surface area (Å²) >= 11 is 0. The van der Waals surface area contributed by atoms with Gasteiger partial charge in [-0.1, -0.05) is 12.1 Å². The highest BCUT2D eigenvalue weighted by atomic mass is 35.5. The van der Waals surface area contributed by atoms with Crippen LogP contribution < -0.4 is 15.4 Å². The first-order valence-corrected chi connectivity index (χ1v) is 8.27. The normalized spacial score (nSPS) is 17.2. The Labute approximate surface area is 150 Å². The van der Waals surface area contributed by atoms with Crippen molar-refractivity contribution in [3.63, 3.8) is 0 Å². The van der Waals surface area contributed by atoms with Gasteiger partial charge in [0, 0.05) is 25.2 Å². The number of carbonyl (C=O) groups excluding carboxylic acids is 1. The number of hydrogen-bond acceptors (Lipinski definition) is 4. The average molecular weight is 357 g/mol. The summed E-state index contributed by atoms with van der Waals surface area (Å²) in [6.45, 7) is 8.47. The summed E-state index contributed by atoms with van der Waals surface area (Å²) < 4.78 is 11.1. The molecule has 0 saturated carbocycles. The Morgan fingerprint density at radius 1 is 1.29 bits per heavy atom. The van der Waals surface area contributed by atoms with Crippen molar-refractivity contribution < 1.29 is 14.3 Å². The number of carbonyl (C=O) groups is 1. The van der Waals surface area contributed by atoms with Crippen molar-refractivity contribution in [2.45, 2.75) is 51.8 Å². The molecule has 0 spiro atoms. The first-order valence-electron chi connectivity index (χ1n) is 8.27. The van der Waals surface area contributed by atoms with Crippen LogP contribution in [0.5, 0.6) is 5.75 Å². The van der Waals surface area contributed by atoms with Crippen LogP contribution in [0.15, 0.2) is 24.3 Å². The Hall–Kier alpha value is -1.30. The smallest absolute Gasteiger partial charge is 0.258 e. The van der Waals surface area contributed by atoms with E-state index in [0.29, 0.717) is 11.9 Å². The van der Waals surface area contributed by atoms with E-state index in [1.807, 2.05) is 45.0 Å². The van der Waals surface area contributed by atoms with Gasteiger partial charge in [-0.05, 0) is 51.3 Å². The van der Waals surface area contributed by atoms with Crippen LogP contribution in [-0.2, 0) is 16.1 Å². The van der Waals surface area contributed by atoms with Crippen molar-refractivity contribution in [2.24, 2.45) is 0 Å². The lowest BCUT2D eigenvalue weighted by Crippen LogP contribution is -2.43. The molecule has 6 heteroatoms. The summed E-state index contributed by atoms with van der Waals surface area (Å²) in [7, 11) is 0. The van der Waals surface area contributed by atoms with Crippen LogP contribution in [0.4, 0.5) is 0 Å². The molecule has 136 valence electrons. The number of halogens is 1. The molecule has 1 aliphatic rings. The zero-order valence-corrected chi connectivity index (χ0v) is 15.6. The number of ether oxygens (including phenoxy) is 2. The summed E-state index contributed by atoms with van der Waals surface area (Å²) in [4.78, 5) is 11.7. The van der Waals surface area contributed by atoms with E-state index in [0.717, 1.165) is 26.1 Å². The van der Waals surface area contributed by atoms with Crippen molar-refractivity contribution in [3.8, 4) is 5.75 Å². The quantitative estimate of drug-likeness (QED) is 0.788. The maximum absolute atomic E-state index is 11.7. The fourth-order valence-corrected chi connectivity index (χ4v) is 2.49. The molecule has 0 aliphatic carbocycles. The molecule has 0 aromatic heterocycles. The van der Waals surface area contributed by atoms with Crippen molar-refractivity contribution >= 4 is 18.3 Å². The van der Waals surface area contributed by atoms with Gasteiger partial charge < -0.3 is 20.1 Å². The van der Waals surface area contributed by atoms with E-state index in [1.54, 1.807) is 0 Å². The van der Waals surface area contributed by atoms with Gasteiger partial charge in [0.1, 0.15) is 5.75 Å². The van der Waals surface area contributed by atoms with Crippen LogP contribution in [0.2, 0.25) is 0 Å². The molecule has 2 rings (SSSR count). The van der Waals surface area contributed by atoms with Gasteiger partial charge in [-0.3, -0.25) is 4.79 Å². The molecule has 0 radical (unpaired) electrons. The second-order valence-electron chi connectivity index (χ2n) is 7.00. The molecule has 1 atom stereocenters. The Bertz CT molecular complexity index is 494. The van der Waals surface area contributed by atoms with E-state index in [9.17, 15) is 4.79 Å². The summed E-state index contributed by atoms with van der Waals surface area (Å²) in [6, 6.07) is 7.82. The Morgan fingerprint density at radius 2 is 2.00 bits per heavy atom. The molecule has 1 aliphatic heterocycles. The lowest BCUT2D eigenvalue weighted by molar-refractivity contribution is -0.124. The molecule has 1 saturated heterocycles. The van der Waals surface area contributed by atoms with Crippen LogP contribution in [-0.4, -0.2) is 37.3 Å². The zero-order chi connectivity index (χ0) is 16.7. The fraction of sp³-hybridized carbons (Fsp3) is 0.611. The third kappa shape index (κ3) is 7.99. The summed E-state index contributed by atoms with van der Waals surface area (Å²) in [5, 5.41) is 6.28. The summed E-state index contributed by atoms with van der Waals surface area (Å²) in [6.07, 6.45) is 2.68. The number of nitrogens with one attached hydrogen (secondary N) is 2. The van der Waals surface area contributed by atoms with Crippen LogP contribution in [0, 0.1) is 0 Å². The minimum Gasteiger partial charge on any atom is -0.484 e. The molecule has 1 fully saturated rings. The van der Waals surface area contributed by atoms with E-state index >= 15 is 0 Å². The predicted octanol–water partition coefficient (Wildman–Crippen LogP) is 2.67. The monoisotopic (exact) mass is 356 g/mol. The van der Waals surface area contributed by atoms with E-state index in [1.165, 1.54) is 12.0 Å². The molecular weight excluding hydrogens is 328 g/mol. The van der Waals surface area contributed by atoms with E-state index in [4.69, 9.17) is 9.47 Å². The van der Waals surface area contributed by atoms with Crippen molar-refractivity contribution in [2.75, 3.05) is 19.8 Å². The van der Waals surface area contributed by atoms with Gasteiger partial charge in [0.15, 0.2) is 6.61 Å². The highest BCUT2D eigenvalue weighted by Crippen LogP contribution is 2.13. The third-order valence-corrected chi connectivity index (χ3v) is 3.53. The van der Waals surface area contributed by atoms with Crippen molar-refractivity contribution in [1.82, 2.24) is 10.6 Å². The molecule has 5 nitrogen and oxygen atoms in total. The zero-order valence-electron chi connectivity index (χ0n) is 14.8. The maximum atomic E-state index is 11.7. The minimum absolute atomic E-state index is 0. The molecule has 2 N–H and O–H groups in total. The molecular formula is C18H29ClN2O3. The van der Waals surface area contributed by atoms with Crippen LogP contribution in [0.3, 0.4) is 0 Å². The second-order valence-corrected chi connectivity index (χ2v) is 7.00. The number of amides is 1. The van der Waals surface area contributed by atoms with Gasteiger partial charge in [-0.2, -0.15) is 0 Å². The van der Waals surface area contributed by atoms with Gasteiger partial charge in [-0.15, -0.1) is 12.4 Å². The third-order valence-electron chi connectivity index (χ3n) is 3.53. The van der Waals surface area contributed by atoms with Gasteiger partial charge in [-0.25, -0.2) is 0 Å². The predicted molar refractivity (Wildman–Crippen MR) is 97.8 cm³/mol. The van der Waals surface area contributed by atoms with Crippen molar-refractivity contribution in [1.29, 1.82) is 0 Å². The number of hydrogen-bond donors (Lipinski definition) is 2. The fourth-order valence-electron chi connectivity index (χ4n) is 2.49. The Kier molecular flexibility index (Phi) is 8.53. The molecule has 24 heavy (non-hydrogen) atoms. The molecule has 1 aromatic rings. The topological polar surface area (TPSA) is 59.6 Å². The molecule has 0 bridgehead atoms. The number of benzene rings is 1. The molecule has 1 aromatic carbocycles. The molecule has 1 heterocycles. The molecule has 1 amide bonds. The standard InChI is InChI=1S/C18H28N2O3.ClH/c1-18(2,3)20-17(21)13-23-15-8-6-14(7-9-15)11-19-12-16-5-4-10-22-16;/h6-9,16,19H,4-5,10-13H2,1-3H3,(H,20,21);1H. The maximum Gasteiger partial charge on any atom is 0.258 e. The van der Waals surface area contributed by atoms with Crippen molar-refractivity contribution in [3.05, 3.63) is 29.8 Å². The van der Waals surface area contributed by atoms with E-state index in [-0.39, 0.29) is 30.5 Å². The summed E-state index contributed by atoms with van der Waals surface area (Å²) in [5.41, 5.74) is 0.952. The SMILES string of the molecule is CC(C)(C)NC(=O)COc1ccc(CNCC2CCCO2)cc1.Cl. The minimum atomic E-state index is -0.237. The first-order chi connectivity index (χ1) is 10.9. The van der Waals surface area contributed by atoms with Crippen LogP contribution in [0.1, 0.15) is 39.2 Å². The lowest BCUT2D eigenvalue weighted by atomic mass is 10.1. The summed E-state index contributed by atoms with van der Waals surface area (Å²) in [5.74, 6) is 0.594. The first kappa shape index (κ1) is 20.7. The van der Waals surface area contributed by atoms with Gasteiger partial charge in [0.25, 0.3) is 5.91 Å². The number of rotatable bonds is 7. The van der Waals surface area contributed by atoms with Crippen LogP contribution in [0.25, 0.3) is 0 Å². The Balaban J connectivity index is 0.00000288. The lowest BCUT2D eigenvalue weighted by Gasteiger charge is -2.20. The highest BCUT2D eigenvalue weighted by molar-refractivity contribution is 5.85. The highest BCUT2D eigenvalue weighted by Gasteiger charge is 2.15. The largest absolute Gasteiger partial charge is 0.484 e. The van der Waals surface area contributed by atoms with Gasteiger partial charge in [0.05, 0.1) is 6.10 Å². The van der Waals surface area contributed by atoms with E-state index < -0.39 is 0 Å². The van der Waals surface area contributed by atoms with E-state index in [2.05, 4.69) is 10.6 Å². The molecule has 1 unspecified atom stereocenters.